The summed E-state index contributed by atoms with van der Waals surface area (Å²) in [7, 11) is 0. The van der Waals surface area contributed by atoms with Crippen LogP contribution in [0, 0.1) is 0 Å². The standard InChI is InChI=1S/C42H24O21/c43-12-1-13(44)4-16(3-12)56-33-20(49)7-22(51)35-41(33)62-38-25(59-35)10-19(48)29(31(38)54)28-18(47)9-24-37(30(28)53)61-39-26(58-24)11-27-40(32(39)55)63-42-34(21(50)8-23(52)36(42)60-27)57-17-5-14(45)2-15(46)6-17/h1-11,43-55H. The predicted molar refractivity (Wildman–Crippen MR) is 210 cm³/mol. The number of benzene rings is 7. The van der Waals surface area contributed by atoms with Gasteiger partial charge in [-0.05, 0) is 0 Å². The highest BCUT2D eigenvalue weighted by Crippen LogP contribution is 2.63. The van der Waals surface area contributed by atoms with Crippen LogP contribution in [0.25, 0.3) is 55.8 Å². The minimum atomic E-state index is -0.992. The lowest BCUT2D eigenvalue weighted by molar-refractivity contribution is 0.299. The summed E-state index contributed by atoms with van der Waals surface area (Å²) in [6.45, 7) is 0. The van der Waals surface area contributed by atoms with E-state index in [9.17, 15) is 66.4 Å². The van der Waals surface area contributed by atoms with Gasteiger partial charge in [0.1, 0.15) is 46.0 Å². The van der Waals surface area contributed by atoms with Gasteiger partial charge < -0.3 is 103 Å². The van der Waals surface area contributed by atoms with Crippen LogP contribution in [0.5, 0.6) is 121 Å². The Labute approximate surface area is 345 Å². The molecule has 3 heterocycles. The van der Waals surface area contributed by atoms with Crippen molar-refractivity contribution in [1.29, 1.82) is 0 Å². The van der Waals surface area contributed by atoms with Crippen LogP contribution in [-0.4, -0.2) is 66.4 Å². The Morgan fingerprint density at radius 2 is 0.825 bits per heavy atom. The fraction of sp³-hybridized carbons (Fsp3) is 0. The summed E-state index contributed by atoms with van der Waals surface area (Å²) in [6.07, 6.45) is 0. The molecular weight excluding hydrogens is 840 g/mol. The molecular formula is C42H24O21. The zero-order valence-electron chi connectivity index (χ0n) is 30.9. The summed E-state index contributed by atoms with van der Waals surface area (Å²) in [5.74, 6) is -12.3. The zero-order chi connectivity index (χ0) is 44.3. The van der Waals surface area contributed by atoms with Gasteiger partial charge in [0.15, 0.2) is 57.0 Å². The smallest absolute Gasteiger partial charge is 0.220 e. The average Bonchev–Trinajstić information content (AvgIpc) is 3.20. The Kier molecular flexibility index (Phi) is 7.86. The molecule has 0 atom stereocenters. The number of phenols is 13. The highest BCUT2D eigenvalue weighted by Gasteiger charge is 2.35. The molecule has 0 saturated carbocycles. The summed E-state index contributed by atoms with van der Waals surface area (Å²) < 4.78 is 46.3. The minimum absolute atomic E-state index is 0.188. The van der Waals surface area contributed by atoms with Crippen LogP contribution < -0.4 is 18.9 Å². The van der Waals surface area contributed by atoms with Crippen molar-refractivity contribution in [3.05, 3.63) is 66.7 Å². The van der Waals surface area contributed by atoms with E-state index in [0.29, 0.717) is 0 Å². The lowest BCUT2D eigenvalue weighted by Crippen LogP contribution is -2.03. The van der Waals surface area contributed by atoms with Crippen molar-refractivity contribution < 1.29 is 103 Å². The first-order chi connectivity index (χ1) is 30.0. The second kappa shape index (κ2) is 13.2. The van der Waals surface area contributed by atoms with Crippen LogP contribution in [0.2, 0.25) is 0 Å². The zero-order valence-corrected chi connectivity index (χ0v) is 30.9. The van der Waals surface area contributed by atoms with Gasteiger partial charge in [0.2, 0.25) is 62.4 Å². The largest absolute Gasteiger partial charge is 0.508 e. The van der Waals surface area contributed by atoms with Gasteiger partial charge in [-0.1, -0.05) is 0 Å². The van der Waals surface area contributed by atoms with Crippen LogP contribution in [0.3, 0.4) is 0 Å². The van der Waals surface area contributed by atoms with Gasteiger partial charge in [-0.3, -0.25) is 0 Å². The molecule has 13 N–H and O–H groups in total. The Balaban J connectivity index is 1.11. The molecule has 10 rings (SSSR count). The first-order valence-electron chi connectivity index (χ1n) is 17.8. The van der Waals surface area contributed by atoms with E-state index in [1.54, 1.807) is 0 Å². The predicted octanol–water partition coefficient (Wildman–Crippen LogP) is 9.12. The monoisotopic (exact) mass is 864 g/mol. The maximum Gasteiger partial charge on any atom is 0.220 e. The molecule has 1 aliphatic rings. The molecule has 9 aromatic rings. The number of ether oxygens (including phenoxy) is 4. The Bertz CT molecular complexity index is 3470. The van der Waals surface area contributed by atoms with Gasteiger partial charge in [-0.15, -0.1) is 0 Å². The number of rotatable bonds is 5. The third kappa shape index (κ3) is 5.87. The third-order valence-corrected chi connectivity index (χ3v) is 9.54. The topological polar surface area (TPSA) is 352 Å². The number of hydrogen-bond donors (Lipinski definition) is 13. The molecule has 21 heteroatoms. The first kappa shape index (κ1) is 37.6. The quantitative estimate of drug-likeness (QED) is 0.0717. The van der Waals surface area contributed by atoms with Crippen molar-refractivity contribution in [1.82, 2.24) is 0 Å². The number of phenolic OH excluding ortho intramolecular Hbond substituents is 13. The third-order valence-electron chi connectivity index (χ3n) is 9.54. The van der Waals surface area contributed by atoms with Gasteiger partial charge in [0.25, 0.3) is 0 Å². The van der Waals surface area contributed by atoms with Gasteiger partial charge in [-0.2, -0.15) is 0 Å². The van der Waals surface area contributed by atoms with Crippen LogP contribution in [0.15, 0.2) is 84.4 Å². The maximum absolute atomic E-state index is 11.6. The Morgan fingerprint density at radius 1 is 0.317 bits per heavy atom. The minimum Gasteiger partial charge on any atom is -0.508 e. The highest BCUT2D eigenvalue weighted by atomic mass is 16.6. The van der Waals surface area contributed by atoms with Crippen molar-refractivity contribution in [2.45, 2.75) is 0 Å². The van der Waals surface area contributed by atoms with Gasteiger partial charge in [0, 0.05) is 66.7 Å². The second-order valence-corrected chi connectivity index (χ2v) is 13.8. The van der Waals surface area contributed by atoms with Gasteiger partial charge in [0.05, 0.1) is 11.1 Å². The average molecular weight is 865 g/mol. The van der Waals surface area contributed by atoms with Crippen molar-refractivity contribution in [2.24, 2.45) is 0 Å². The van der Waals surface area contributed by atoms with Crippen molar-refractivity contribution in [2.75, 3.05) is 0 Å². The van der Waals surface area contributed by atoms with E-state index in [1.165, 1.54) is 0 Å². The molecule has 0 spiro atoms. The molecule has 0 radical (unpaired) electrons. The van der Waals surface area contributed by atoms with Gasteiger partial charge in [-0.25, -0.2) is 0 Å². The lowest BCUT2D eigenvalue weighted by Gasteiger charge is -2.25. The first-order valence-corrected chi connectivity index (χ1v) is 17.8. The number of hydrogen-bond acceptors (Lipinski definition) is 21. The summed E-state index contributed by atoms with van der Waals surface area (Å²) in [6, 6.07) is 11.0. The van der Waals surface area contributed by atoms with E-state index in [-0.39, 0.29) is 28.2 Å². The molecule has 63 heavy (non-hydrogen) atoms. The molecule has 0 amide bonds. The molecule has 7 aromatic carbocycles. The molecule has 0 unspecified atom stereocenters. The van der Waals surface area contributed by atoms with E-state index in [4.69, 9.17) is 36.6 Å². The van der Waals surface area contributed by atoms with E-state index >= 15 is 0 Å². The Morgan fingerprint density at radius 3 is 1.48 bits per heavy atom. The lowest BCUT2D eigenvalue weighted by atomic mass is 9.99. The van der Waals surface area contributed by atoms with E-state index in [2.05, 4.69) is 0 Å². The molecule has 0 saturated heterocycles. The van der Waals surface area contributed by atoms with Crippen LogP contribution in [-0.2, 0) is 0 Å². The van der Waals surface area contributed by atoms with Crippen LogP contribution in [0.1, 0.15) is 0 Å². The molecule has 2 aromatic heterocycles. The SMILES string of the molecule is Oc1cc(O)cc(Oc2c(O)cc(O)c3c2Oc2c(cc(O)c(-c4c(O)cc5oc6cc7oc8c(O)cc(O)c(Oc9cc(O)cc(O)c9)c8oc7c(O)c6oc5c4O)c2O)O3)c1. The summed E-state index contributed by atoms with van der Waals surface area (Å²) in [5, 5.41) is 140. The van der Waals surface area contributed by atoms with E-state index in [0.717, 1.165) is 66.7 Å². The van der Waals surface area contributed by atoms with Crippen LogP contribution >= 0.6 is 0 Å². The van der Waals surface area contributed by atoms with Crippen molar-refractivity contribution in [3.63, 3.8) is 0 Å². The number of aromatic hydroxyl groups is 13. The molecule has 0 bridgehead atoms. The van der Waals surface area contributed by atoms with Crippen molar-refractivity contribution in [3.8, 4) is 132 Å². The molecule has 1 aliphatic heterocycles. The molecule has 0 fully saturated rings. The molecule has 318 valence electrons. The summed E-state index contributed by atoms with van der Waals surface area (Å²) in [5.41, 5.74) is -4.81. The molecule has 0 aliphatic carbocycles. The summed E-state index contributed by atoms with van der Waals surface area (Å²) >= 11 is 0. The van der Waals surface area contributed by atoms with E-state index < -0.39 is 148 Å². The molecule has 21 nitrogen and oxygen atoms in total. The summed E-state index contributed by atoms with van der Waals surface area (Å²) in [4.78, 5) is 0. The Hall–Kier alpha value is -9.66. The fourth-order valence-electron chi connectivity index (χ4n) is 6.91. The number of fused-ring (bicyclic) bond motifs is 6. The van der Waals surface area contributed by atoms with E-state index in [1.807, 2.05) is 0 Å². The van der Waals surface area contributed by atoms with Crippen molar-refractivity contribution >= 4 is 44.7 Å². The van der Waals surface area contributed by atoms with Gasteiger partial charge >= 0.3 is 0 Å². The fourth-order valence-corrected chi connectivity index (χ4v) is 6.91. The highest BCUT2D eigenvalue weighted by molar-refractivity contribution is 6.02. The second-order valence-electron chi connectivity index (χ2n) is 13.8. The normalized spacial score (nSPS) is 11.9. The maximum atomic E-state index is 11.6. The van der Waals surface area contributed by atoms with Crippen LogP contribution in [0.4, 0.5) is 0 Å².